The Balaban J connectivity index is 2.77. The van der Waals surface area contributed by atoms with E-state index in [4.69, 9.17) is 0 Å². The summed E-state index contributed by atoms with van der Waals surface area (Å²) in [5, 5.41) is 3.04. The maximum absolute atomic E-state index is 11.5. The molecule has 0 atom stereocenters. The molecule has 0 saturated heterocycles. The van der Waals surface area contributed by atoms with Crippen LogP contribution in [0, 0.1) is 6.92 Å². The van der Waals surface area contributed by atoms with E-state index in [-0.39, 0.29) is 0 Å². The standard InChI is InChI=1S/C13H21N3O4S/c1-9-10(12(17)20-4)6-7-11(15-9)14-8-13(2,3)16-21(5,18)19/h6-7,16H,8H2,1-5H3,(H,14,15). The number of rotatable bonds is 6. The van der Waals surface area contributed by atoms with Gasteiger partial charge in [-0.15, -0.1) is 0 Å². The summed E-state index contributed by atoms with van der Waals surface area (Å²) in [5.41, 5.74) is 0.279. The van der Waals surface area contributed by atoms with Crippen molar-refractivity contribution in [1.29, 1.82) is 0 Å². The van der Waals surface area contributed by atoms with Gasteiger partial charge >= 0.3 is 5.97 Å². The fraction of sp³-hybridized carbons (Fsp3) is 0.538. The zero-order valence-corrected chi connectivity index (χ0v) is 13.7. The van der Waals surface area contributed by atoms with Crippen LogP contribution in [0.4, 0.5) is 5.82 Å². The van der Waals surface area contributed by atoms with E-state index in [1.54, 1.807) is 32.9 Å². The highest BCUT2D eigenvalue weighted by Crippen LogP contribution is 2.13. The number of pyridine rings is 1. The molecule has 2 N–H and O–H groups in total. The predicted octanol–water partition coefficient (Wildman–Crippen LogP) is 0.916. The highest BCUT2D eigenvalue weighted by atomic mass is 32.2. The highest BCUT2D eigenvalue weighted by Gasteiger charge is 2.22. The number of esters is 1. The number of carbonyl (C=O) groups is 1. The van der Waals surface area contributed by atoms with Crippen LogP contribution in [0.2, 0.25) is 0 Å². The summed E-state index contributed by atoms with van der Waals surface area (Å²) in [6.45, 7) is 5.58. The number of ether oxygens (including phenoxy) is 1. The maximum atomic E-state index is 11.5. The zero-order chi connectivity index (χ0) is 16.3. The lowest BCUT2D eigenvalue weighted by Gasteiger charge is -2.25. The fourth-order valence-electron chi connectivity index (χ4n) is 1.83. The predicted molar refractivity (Wildman–Crippen MR) is 80.9 cm³/mol. The first-order chi connectivity index (χ1) is 9.54. The van der Waals surface area contributed by atoms with Crippen LogP contribution in [-0.4, -0.2) is 44.8 Å². The van der Waals surface area contributed by atoms with Gasteiger partial charge < -0.3 is 10.1 Å². The Morgan fingerprint density at radius 1 is 1.38 bits per heavy atom. The second-order valence-corrected chi connectivity index (χ2v) is 7.18. The largest absolute Gasteiger partial charge is 0.465 e. The molecule has 0 saturated carbocycles. The van der Waals surface area contributed by atoms with E-state index >= 15 is 0 Å². The minimum Gasteiger partial charge on any atom is -0.465 e. The first-order valence-electron chi connectivity index (χ1n) is 6.33. The minimum absolute atomic E-state index is 0.351. The van der Waals surface area contributed by atoms with Gasteiger partial charge in [0, 0.05) is 12.1 Å². The molecule has 0 amide bonds. The van der Waals surface area contributed by atoms with Crippen molar-refractivity contribution >= 4 is 21.8 Å². The van der Waals surface area contributed by atoms with Gasteiger partial charge in [-0.2, -0.15) is 0 Å². The molecule has 0 unspecified atom stereocenters. The highest BCUT2D eigenvalue weighted by molar-refractivity contribution is 7.88. The number of nitrogens with zero attached hydrogens (tertiary/aromatic N) is 1. The summed E-state index contributed by atoms with van der Waals surface area (Å²) in [4.78, 5) is 15.7. The van der Waals surface area contributed by atoms with E-state index in [0.717, 1.165) is 6.26 Å². The third-order valence-electron chi connectivity index (χ3n) is 2.66. The molecule has 0 aliphatic carbocycles. The SMILES string of the molecule is COC(=O)c1ccc(NCC(C)(C)NS(C)(=O)=O)nc1C. The lowest BCUT2D eigenvalue weighted by atomic mass is 10.1. The van der Waals surface area contributed by atoms with Crippen molar-refractivity contribution in [3.8, 4) is 0 Å². The summed E-state index contributed by atoms with van der Waals surface area (Å²) >= 11 is 0. The molecule has 0 bridgehead atoms. The fourth-order valence-corrected chi connectivity index (χ4v) is 2.91. The van der Waals surface area contributed by atoms with Gasteiger partial charge in [-0.3, -0.25) is 0 Å². The molecular weight excluding hydrogens is 294 g/mol. The van der Waals surface area contributed by atoms with E-state index in [1.807, 2.05) is 0 Å². The Labute approximate surface area is 125 Å². The Kier molecular flexibility index (Phi) is 5.30. The Morgan fingerprint density at radius 3 is 2.48 bits per heavy atom. The first kappa shape index (κ1) is 17.4. The van der Waals surface area contributed by atoms with Crippen LogP contribution >= 0.6 is 0 Å². The Bertz CT molecular complexity index is 626. The topological polar surface area (TPSA) is 97.4 Å². The van der Waals surface area contributed by atoms with Crippen molar-refractivity contribution in [2.75, 3.05) is 25.2 Å². The second-order valence-electron chi connectivity index (χ2n) is 5.43. The third kappa shape index (κ3) is 5.68. The van der Waals surface area contributed by atoms with Gasteiger partial charge in [-0.05, 0) is 32.9 Å². The molecule has 0 radical (unpaired) electrons. The number of nitrogens with one attached hydrogen (secondary N) is 2. The molecule has 1 aromatic heterocycles. The molecule has 7 nitrogen and oxygen atoms in total. The van der Waals surface area contributed by atoms with Crippen LogP contribution in [0.1, 0.15) is 29.9 Å². The maximum Gasteiger partial charge on any atom is 0.339 e. The lowest BCUT2D eigenvalue weighted by Crippen LogP contribution is -2.47. The van der Waals surface area contributed by atoms with Crippen molar-refractivity contribution in [1.82, 2.24) is 9.71 Å². The molecule has 1 rings (SSSR count). The number of aryl methyl sites for hydroxylation is 1. The molecule has 8 heteroatoms. The van der Waals surface area contributed by atoms with Crippen LogP contribution < -0.4 is 10.0 Å². The van der Waals surface area contributed by atoms with Crippen molar-refractivity contribution in [2.24, 2.45) is 0 Å². The average Bonchev–Trinajstić information content (AvgIpc) is 2.33. The smallest absolute Gasteiger partial charge is 0.339 e. The number of carbonyl (C=O) groups excluding carboxylic acids is 1. The van der Waals surface area contributed by atoms with Crippen molar-refractivity contribution in [3.05, 3.63) is 23.4 Å². The number of hydrogen-bond acceptors (Lipinski definition) is 6. The first-order valence-corrected chi connectivity index (χ1v) is 8.22. The summed E-state index contributed by atoms with van der Waals surface area (Å²) in [6, 6.07) is 3.27. The Morgan fingerprint density at radius 2 is 2.00 bits per heavy atom. The summed E-state index contributed by atoms with van der Waals surface area (Å²) in [5.74, 6) is 0.120. The number of aromatic nitrogens is 1. The van der Waals surface area contributed by atoms with Gasteiger partial charge in [0.25, 0.3) is 0 Å². The molecule has 118 valence electrons. The van der Waals surface area contributed by atoms with Crippen molar-refractivity contribution in [2.45, 2.75) is 26.3 Å². The minimum atomic E-state index is -3.29. The Hall–Kier alpha value is -1.67. The zero-order valence-electron chi connectivity index (χ0n) is 12.9. The van der Waals surface area contributed by atoms with Gasteiger partial charge in [-0.25, -0.2) is 22.9 Å². The number of sulfonamides is 1. The number of anilines is 1. The van der Waals surface area contributed by atoms with E-state index < -0.39 is 21.5 Å². The van der Waals surface area contributed by atoms with Gasteiger partial charge in [0.2, 0.25) is 10.0 Å². The molecule has 0 aliphatic rings. The van der Waals surface area contributed by atoms with Gasteiger partial charge in [0.05, 0.1) is 24.6 Å². The number of methoxy groups -OCH3 is 1. The monoisotopic (exact) mass is 315 g/mol. The molecule has 21 heavy (non-hydrogen) atoms. The molecule has 1 heterocycles. The third-order valence-corrected chi connectivity index (χ3v) is 3.59. The van der Waals surface area contributed by atoms with Gasteiger partial charge in [0.1, 0.15) is 5.82 Å². The molecule has 0 spiro atoms. The van der Waals surface area contributed by atoms with Gasteiger partial charge in [0.15, 0.2) is 0 Å². The summed E-state index contributed by atoms with van der Waals surface area (Å²) < 4.78 is 29.7. The van der Waals surface area contributed by atoms with E-state index in [0.29, 0.717) is 23.6 Å². The molecule has 0 aliphatic heterocycles. The quantitative estimate of drug-likeness (QED) is 0.758. The summed E-state index contributed by atoms with van der Waals surface area (Å²) in [6.07, 6.45) is 1.11. The lowest BCUT2D eigenvalue weighted by molar-refractivity contribution is 0.0599. The molecule has 0 fully saturated rings. The van der Waals surface area contributed by atoms with Crippen LogP contribution in [0.3, 0.4) is 0 Å². The van der Waals surface area contributed by atoms with Crippen LogP contribution in [0.15, 0.2) is 12.1 Å². The normalized spacial score (nSPS) is 12.0. The molecule has 1 aromatic rings. The van der Waals surface area contributed by atoms with Crippen LogP contribution in [0.5, 0.6) is 0 Å². The summed E-state index contributed by atoms with van der Waals surface area (Å²) in [7, 11) is -1.97. The number of hydrogen-bond donors (Lipinski definition) is 2. The molecule has 0 aromatic carbocycles. The molecular formula is C13H21N3O4S. The van der Waals surface area contributed by atoms with Crippen LogP contribution in [-0.2, 0) is 14.8 Å². The van der Waals surface area contributed by atoms with Gasteiger partial charge in [-0.1, -0.05) is 0 Å². The van der Waals surface area contributed by atoms with Crippen LogP contribution in [0.25, 0.3) is 0 Å². The van der Waals surface area contributed by atoms with E-state index in [1.165, 1.54) is 7.11 Å². The average molecular weight is 315 g/mol. The van der Waals surface area contributed by atoms with E-state index in [9.17, 15) is 13.2 Å². The van der Waals surface area contributed by atoms with Crippen molar-refractivity contribution < 1.29 is 17.9 Å². The van der Waals surface area contributed by atoms with E-state index in [2.05, 4.69) is 19.8 Å². The van der Waals surface area contributed by atoms with Crippen molar-refractivity contribution in [3.63, 3.8) is 0 Å². The second kappa shape index (κ2) is 6.40.